The van der Waals surface area contributed by atoms with Gasteiger partial charge in [-0.05, 0) is 41.2 Å². The van der Waals surface area contributed by atoms with Crippen LogP contribution >= 0.6 is 11.8 Å². The summed E-state index contributed by atoms with van der Waals surface area (Å²) in [6, 6.07) is 7.18. The molecule has 0 unspecified atom stereocenters. The molecule has 11 heteroatoms. The fraction of sp³-hybridized carbons (Fsp3) is 0.176. The maximum atomic E-state index is 14.0. The SMILES string of the molecule is CCSc1noc(-c2ccc(NS(C)(=O)=O)c(Oc3ccc(F)cc3F)c2)n1. The lowest BCUT2D eigenvalue weighted by molar-refractivity contribution is 0.414. The zero-order valence-corrected chi connectivity index (χ0v) is 16.4. The first-order valence-corrected chi connectivity index (χ1v) is 10.8. The normalized spacial score (nSPS) is 11.4. The quantitative estimate of drug-likeness (QED) is 0.562. The van der Waals surface area contributed by atoms with Crippen LogP contribution in [0.3, 0.4) is 0 Å². The zero-order valence-electron chi connectivity index (χ0n) is 14.8. The molecule has 1 N–H and O–H groups in total. The molecule has 7 nitrogen and oxygen atoms in total. The van der Waals surface area contributed by atoms with Crippen molar-refractivity contribution in [1.82, 2.24) is 10.1 Å². The van der Waals surface area contributed by atoms with Crippen molar-refractivity contribution >= 4 is 27.5 Å². The van der Waals surface area contributed by atoms with Gasteiger partial charge in [-0.2, -0.15) is 4.98 Å². The number of hydrogen-bond donors (Lipinski definition) is 1. The maximum Gasteiger partial charge on any atom is 0.258 e. The number of nitrogens with zero attached hydrogens (tertiary/aromatic N) is 2. The lowest BCUT2D eigenvalue weighted by Gasteiger charge is -2.13. The molecule has 0 amide bonds. The highest BCUT2D eigenvalue weighted by atomic mass is 32.2. The molecule has 148 valence electrons. The molecule has 0 saturated heterocycles. The molecule has 3 aromatic rings. The molecule has 0 atom stereocenters. The molecule has 0 aliphatic rings. The van der Waals surface area contributed by atoms with E-state index in [4.69, 9.17) is 9.26 Å². The maximum absolute atomic E-state index is 14.0. The summed E-state index contributed by atoms with van der Waals surface area (Å²) in [5.41, 5.74) is 0.504. The van der Waals surface area contributed by atoms with Crippen LogP contribution in [0.1, 0.15) is 6.92 Å². The summed E-state index contributed by atoms with van der Waals surface area (Å²) >= 11 is 1.39. The highest BCUT2D eigenvalue weighted by Crippen LogP contribution is 2.35. The topological polar surface area (TPSA) is 94.3 Å². The smallest absolute Gasteiger partial charge is 0.258 e. The van der Waals surface area contributed by atoms with Crippen LogP contribution in [0.5, 0.6) is 11.5 Å². The monoisotopic (exact) mass is 427 g/mol. The lowest BCUT2D eigenvalue weighted by atomic mass is 10.2. The summed E-state index contributed by atoms with van der Waals surface area (Å²) in [6.45, 7) is 1.94. The van der Waals surface area contributed by atoms with Crippen LogP contribution in [0.25, 0.3) is 11.5 Å². The average Bonchev–Trinajstić information content (AvgIpc) is 3.06. The molecule has 0 aliphatic carbocycles. The molecule has 0 saturated carbocycles. The van der Waals surface area contributed by atoms with E-state index in [9.17, 15) is 17.2 Å². The van der Waals surface area contributed by atoms with Crippen LogP contribution < -0.4 is 9.46 Å². The van der Waals surface area contributed by atoms with E-state index < -0.39 is 21.7 Å². The Morgan fingerprint density at radius 3 is 2.64 bits per heavy atom. The third-order valence-electron chi connectivity index (χ3n) is 3.32. The summed E-state index contributed by atoms with van der Waals surface area (Å²) in [5.74, 6) is -1.05. The number of ether oxygens (including phenoxy) is 1. The number of anilines is 1. The molecule has 3 rings (SSSR count). The molecular formula is C17H15F2N3O4S2. The Balaban J connectivity index is 2.01. The van der Waals surface area contributed by atoms with E-state index in [0.29, 0.717) is 16.8 Å². The molecule has 28 heavy (non-hydrogen) atoms. The molecule has 0 aliphatic heterocycles. The number of nitrogens with one attached hydrogen (secondary N) is 1. The van der Waals surface area contributed by atoms with Gasteiger partial charge in [0, 0.05) is 11.6 Å². The van der Waals surface area contributed by atoms with Crippen molar-refractivity contribution in [3.63, 3.8) is 0 Å². The Kier molecular flexibility index (Phi) is 5.84. The Morgan fingerprint density at radius 1 is 1.18 bits per heavy atom. The van der Waals surface area contributed by atoms with Gasteiger partial charge in [0.15, 0.2) is 17.3 Å². The van der Waals surface area contributed by atoms with Gasteiger partial charge in [-0.3, -0.25) is 4.72 Å². The zero-order chi connectivity index (χ0) is 20.3. The van der Waals surface area contributed by atoms with E-state index in [1.54, 1.807) is 6.07 Å². The van der Waals surface area contributed by atoms with Crippen LogP contribution in [0.2, 0.25) is 0 Å². The van der Waals surface area contributed by atoms with Crippen LogP contribution in [0.4, 0.5) is 14.5 Å². The van der Waals surface area contributed by atoms with Crippen LogP contribution in [0.15, 0.2) is 46.1 Å². The summed E-state index contributed by atoms with van der Waals surface area (Å²) in [5, 5.41) is 4.27. The van der Waals surface area contributed by atoms with Crippen molar-refractivity contribution in [1.29, 1.82) is 0 Å². The summed E-state index contributed by atoms with van der Waals surface area (Å²) in [7, 11) is -3.63. The molecule has 0 radical (unpaired) electrons. The summed E-state index contributed by atoms with van der Waals surface area (Å²) in [4.78, 5) is 4.22. The Labute approximate surface area is 164 Å². The van der Waals surface area contributed by atoms with Crippen molar-refractivity contribution < 1.29 is 26.5 Å². The van der Waals surface area contributed by atoms with Crippen molar-refractivity contribution in [3.8, 4) is 23.0 Å². The fourth-order valence-corrected chi connectivity index (χ4v) is 3.28. The Bertz CT molecular complexity index is 1100. The second-order valence-electron chi connectivity index (χ2n) is 5.58. The van der Waals surface area contributed by atoms with E-state index in [2.05, 4.69) is 14.9 Å². The average molecular weight is 427 g/mol. The van der Waals surface area contributed by atoms with Gasteiger partial charge >= 0.3 is 0 Å². The number of benzene rings is 2. The number of rotatable bonds is 7. The predicted molar refractivity (Wildman–Crippen MR) is 101 cm³/mol. The number of hydrogen-bond acceptors (Lipinski definition) is 7. The van der Waals surface area contributed by atoms with Gasteiger partial charge in [0.05, 0.1) is 11.9 Å². The van der Waals surface area contributed by atoms with Gasteiger partial charge in [0.1, 0.15) is 5.82 Å². The lowest BCUT2D eigenvalue weighted by Crippen LogP contribution is -2.10. The van der Waals surface area contributed by atoms with Crippen LogP contribution in [-0.4, -0.2) is 30.6 Å². The van der Waals surface area contributed by atoms with Gasteiger partial charge in [0.2, 0.25) is 15.2 Å². The van der Waals surface area contributed by atoms with Gasteiger partial charge in [0.25, 0.3) is 5.89 Å². The number of thioether (sulfide) groups is 1. The molecule has 0 bridgehead atoms. The largest absolute Gasteiger partial charge is 0.452 e. The third-order valence-corrected chi connectivity index (χ3v) is 4.62. The van der Waals surface area contributed by atoms with E-state index in [-0.39, 0.29) is 23.1 Å². The molecule has 0 fully saturated rings. The van der Waals surface area contributed by atoms with Crippen LogP contribution in [0, 0.1) is 11.6 Å². The van der Waals surface area contributed by atoms with Gasteiger partial charge in [-0.25, -0.2) is 17.2 Å². The second-order valence-corrected chi connectivity index (χ2v) is 8.56. The fourth-order valence-electron chi connectivity index (χ4n) is 2.22. The molecule has 1 heterocycles. The summed E-state index contributed by atoms with van der Waals surface area (Å²) in [6.07, 6.45) is 0.968. The van der Waals surface area contributed by atoms with Crippen molar-refractivity contribution in [2.45, 2.75) is 12.1 Å². The minimum absolute atomic E-state index is 0.0173. The molecular weight excluding hydrogens is 412 g/mol. The van der Waals surface area contributed by atoms with Gasteiger partial charge in [-0.15, -0.1) is 0 Å². The van der Waals surface area contributed by atoms with Gasteiger partial charge in [-0.1, -0.05) is 18.7 Å². The van der Waals surface area contributed by atoms with Crippen LogP contribution in [-0.2, 0) is 10.0 Å². The van der Waals surface area contributed by atoms with E-state index in [1.165, 1.54) is 23.9 Å². The minimum atomic E-state index is -3.63. The standard InChI is InChI=1S/C17H15F2N3O4S2/c1-3-27-17-20-16(26-21-17)10-4-6-13(22-28(2,23)24)15(8-10)25-14-7-5-11(18)9-12(14)19/h4-9,22H,3H2,1-2H3. The first-order valence-electron chi connectivity index (χ1n) is 7.97. The number of sulfonamides is 1. The number of aromatic nitrogens is 2. The van der Waals surface area contributed by atoms with E-state index >= 15 is 0 Å². The number of halogens is 2. The molecule has 1 aromatic heterocycles. The van der Waals surface area contributed by atoms with E-state index in [0.717, 1.165) is 24.1 Å². The molecule has 0 spiro atoms. The van der Waals surface area contributed by atoms with Crippen molar-refractivity contribution in [2.24, 2.45) is 0 Å². The van der Waals surface area contributed by atoms with E-state index in [1.807, 2.05) is 6.92 Å². The van der Waals surface area contributed by atoms with Gasteiger partial charge < -0.3 is 9.26 Å². The third kappa shape index (κ3) is 4.98. The first kappa shape index (κ1) is 20.1. The minimum Gasteiger partial charge on any atom is -0.452 e. The second kappa shape index (κ2) is 8.15. The first-order chi connectivity index (χ1) is 13.2. The highest BCUT2D eigenvalue weighted by Gasteiger charge is 2.16. The molecule has 2 aromatic carbocycles. The highest BCUT2D eigenvalue weighted by molar-refractivity contribution is 7.99. The Morgan fingerprint density at radius 2 is 1.96 bits per heavy atom. The predicted octanol–water partition coefficient (Wildman–Crippen LogP) is 4.29. The van der Waals surface area contributed by atoms with Crippen molar-refractivity contribution in [2.75, 3.05) is 16.7 Å². The Hall–Kier alpha value is -2.66. The van der Waals surface area contributed by atoms with Crippen molar-refractivity contribution in [3.05, 3.63) is 48.0 Å². The summed E-state index contributed by atoms with van der Waals surface area (Å²) < 4.78 is 63.3.